The summed E-state index contributed by atoms with van der Waals surface area (Å²) in [5, 5.41) is 0. The molecule has 2 aromatic carbocycles. The highest BCUT2D eigenvalue weighted by Gasteiger charge is 2.09. The molecule has 0 atom stereocenters. The van der Waals surface area contributed by atoms with Crippen molar-refractivity contribution in [2.45, 2.75) is 0 Å². The predicted octanol–water partition coefficient (Wildman–Crippen LogP) is 2.93. The van der Waals surface area contributed by atoms with E-state index in [1.54, 1.807) is 38.5 Å². The maximum Gasteiger partial charge on any atom is 0.162 e. The van der Waals surface area contributed by atoms with Crippen LogP contribution in [0.3, 0.4) is 0 Å². The van der Waals surface area contributed by atoms with Gasteiger partial charge in [0, 0.05) is 22.8 Å². The van der Waals surface area contributed by atoms with Crippen LogP contribution in [0.2, 0.25) is 0 Å². The third-order valence-electron chi connectivity index (χ3n) is 3.41. The molecule has 0 spiro atoms. The second kappa shape index (κ2) is 7.93. The number of methoxy groups -OCH3 is 4. The molecule has 0 aliphatic rings. The van der Waals surface area contributed by atoms with E-state index in [1.165, 1.54) is 14.2 Å². The van der Waals surface area contributed by atoms with Crippen LogP contribution in [0.1, 0.15) is 21.5 Å². The van der Waals surface area contributed by atoms with Gasteiger partial charge in [-0.15, -0.1) is 0 Å². The molecule has 2 aromatic rings. The summed E-state index contributed by atoms with van der Waals surface area (Å²) < 4.78 is 20.9. The van der Waals surface area contributed by atoms with Gasteiger partial charge >= 0.3 is 0 Å². The number of carbonyl (C=O) groups excluding carboxylic acids is 1. The zero-order valence-electron chi connectivity index (χ0n) is 14.0. The molecule has 24 heavy (non-hydrogen) atoms. The summed E-state index contributed by atoms with van der Waals surface area (Å²) in [5.41, 5.74) is 1.72. The van der Waals surface area contributed by atoms with Crippen molar-refractivity contribution in [2.75, 3.05) is 28.4 Å². The van der Waals surface area contributed by atoms with E-state index in [1.807, 2.05) is 6.07 Å². The van der Waals surface area contributed by atoms with Crippen molar-refractivity contribution in [3.63, 3.8) is 0 Å². The summed E-state index contributed by atoms with van der Waals surface area (Å²) in [4.78, 5) is 11.3. The highest BCUT2D eigenvalue weighted by Crippen LogP contribution is 2.30. The Morgan fingerprint density at radius 1 is 0.750 bits per heavy atom. The molecule has 0 fully saturated rings. The first-order valence-electron chi connectivity index (χ1n) is 7.12. The summed E-state index contributed by atoms with van der Waals surface area (Å²) in [6, 6.07) is 8.64. The van der Waals surface area contributed by atoms with Crippen LogP contribution in [0.15, 0.2) is 30.3 Å². The molecule has 5 nitrogen and oxygen atoms in total. The van der Waals surface area contributed by atoms with Crippen LogP contribution < -0.4 is 18.9 Å². The molecular formula is C19H18O5. The van der Waals surface area contributed by atoms with Gasteiger partial charge in [0.2, 0.25) is 0 Å². The quantitative estimate of drug-likeness (QED) is 0.625. The van der Waals surface area contributed by atoms with Crippen LogP contribution in [-0.2, 0) is 0 Å². The first-order valence-corrected chi connectivity index (χ1v) is 7.12. The fraction of sp³-hybridized carbons (Fsp3) is 0.211. The van der Waals surface area contributed by atoms with Crippen molar-refractivity contribution < 1.29 is 23.7 Å². The van der Waals surface area contributed by atoms with Gasteiger partial charge in [0.25, 0.3) is 0 Å². The molecule has 5 heteroatoms. The summed E-state index contributed by atoms with van der Waals surface area (Å²) in [5.74, 6) is 8.21. The number of aldehydes is 1. The van der Waals surface area contributed by atoms with Gasteiger partial charge in [-0.25, -0.2) is 0 Å². The minimum atomic E-state index is 0.431. The van der Waals surface area contributed by atoms with Gasteiger partial charge in [-0.1, -0.05) is 11.8 Å². The lowest BCUT2D eigenvalue weighted by Crippen LogP contribution is -1.95. The lowest BCUT2D eigenvalue weighted by atomic mass is 10.1. The molecule has 0 bridgehead atoms. The third-order valence-corrected chi connectivity index (χ3v) is 3.41. The number of carbonyl (C=O) groups is 1. The van der Waals surface area contributed by atoms with E-state index in [9.17, 15) is 4.79 Å². The largest absolute Gasteiger partial charge is 0.493 e. The SMILES string of the molecule is COc1ccc(C#Cc2cc(OC)c(OC)cc2C=O)cc1OC. The molecule has 0 saturated carbocycles. The van der Waals surface area contributed by atoms with E-state index in [0.717, 1.165) is 11.8 Å². The van der Waals surface area contributed by atoms with Gasteiger partial charge < -0.3 is 18.9 Å². The van der Waals surface area contributed by atoms with Crippen LogP contribution >= 0.6 is 0 Å². The molecule has 0 aliphatic heterocycles. The standard InChI is InChI=1S/C19H18O5/c1-21-16-8-6-13(9-17(16)22-2)5-7-14-10-18(23-3)19(24-4)11-15(14)12-20/h6,8-12H,1-4H3. The minimum Gasteiger partial charge on any atom is -0.493 e. The second-order valence-electron chi connectivity index (χ2n) is 4.73. The Morgan fingerprint density at radius 3 is 1.92 bits per heavy atom. The topological polar surface area (TPSA) is 54.0 Å². The number of hydrogen-bond donors (Lipinski definition) is 0. The van der Waals surface area contributed by atoms with E-state index >= 15 is 0 Å². The smallest absolute Gasteiger partial charge is 0.162 e. The van der Waals surface area contributed by atoms with Crippen molar-refractivity contribution >= 4 is 6.29 Å². The molecule has 0 saturated heterocycles. The summed E-state index contributed by atoms with van der Waals surface area (Å²) in [7, 11) is 6.18. The zero-order valence-corrected chi connectivity index (χ0v) is 14.0. The number of ether oxygens (including phenoxy) is 4. The minimum absolute atomic E-state index is 0.431. The Morgan fingerprint density at radius 2 is 1.33 bits per heavy atom. The fourth-order valence-electron chi connectivity index (χ4n) is 2.15. The highest BCUT2D eigenvalue weighted by atomic mass is 16.5. The summed E-state index contributed by atoms with van der Waals surface area (Å²) >= 11 is 0. The molecule has 0 aliphatic carbocycles. The van der Waals surface area contributed by atoms with Crippen LogP contribution in [0.25, 0.3) is 0 Å². The third kappa shape index (κ3) is 3.61. The Labute approximate surface area is 141 Å². The van der Waals surface area contributed by atoms with Crippen LogP contribution in [0.5, 0.6) is 23.0 Å². The van der Waals surface area contributed by atoms with E-state index < -0.39 is 0 Å². The summed E-state index contributed by atoms with van der Waals surface area (Å²) in [6.07, 6.45) is 0.737. The Kier molecular flexibility index (Phi) is 5.69. The Balaban J connectivity index is 2.45. The number of hydrogen-bond acceptors (Lipinski definition) is 5. The van der Waals surface area contributed by atoms with Gasteiger partial charge in [0.1, 0.15) is 0 Å². The van der Waals surface area contributed by atoms with E-state index in [0.29, 0.717) is 34.1 Å². The second-order valence-corrected chi connectivity index (χ2v) is 4.73. The maximum absolute atomic E-state index is 11.3. The predicted molar refractivity (Wildman–Crippen MR) is 90.5 cm³/mol. The van der Waals surface area contributed by atoms with Gasteiger partial charge in [0.15, 0.2) is 29.3 Å². The summed E-state index contributed by atoms with van der Waals surface area (Å²) in [6.45, 7) is 0. The van der Waals surface area contributed by atoms with Gasteiger partial charge in [-0.2, -0.15) is 0 Å². The number of benzene rings is 2. The fourth-order valence-corrected chi connectivity index (χ4v) is 2.15. The first-order chi connectivity index (χ1) is 11.7. The van der Waals surface area contributed by atoms with Crippen molar-refractivity contribution in [1.82, 2.24) is 0 Å². The molecule has 0 amide bonds. The van der Waals surface area contributed by atoms with Crippen molar-refractivity contribution in [1.29, 1.82) is 0 Å². The zero-order chi connectivity index (χ0) is 17.5. The Hall–Kier alpha value is -3.13. The van der Waals surface area contributed by atoms with E-state index in [2.05, 4.69) is 11.8 Å². The molecule has 0 radical (unpaired) electrons. The molecule has 2 rings (SSSR count). The van der Waals surface area contributed by atoms with Gasteiger partial charge in [-0.05, 0) is 24.3 Å². The normalized spacial score (nSPS) is 9.50. The van der Waals surface area contributed by atoms with Crippen molar-refractivity contribution in [3.05, 3.63) is 47.0 Å². The first kappa shape index (κ1) is 17.2. The molecule has 0 heterocycles. The van der Waals surface area contributed by atoms with Crippen LogP contribution in [0.4, 0.5) is 0 Å². The molecule has 0 aromatic heterocycles. The average Bonchev–Trinajstić information content (AvgIpc) is 2.65. The number of rotatable bonds is 5. The van der Waals surface area contributed by atoms with E-state index in [-0.39, 0.29) is 0 Å². The van der Waals surface area contributed by atoms with E-state index in [4.69, 9.17) is 18.9 Å². The maximum atomic E-state index is 11.3. The van der Waals surface area contributed by atoms with Crippen LogP contribution in [-0.4, -0.2) is 34.7 Å². The van der Waals surface area contributed by atoms with Gasteiger partial charge in [0.05, 0.1) is 28.4 Å². The monoisotopic (exact) mass is 326 g/mol. The van der Waals surface area contributed by atoms with Crippen molar-refractivity contribution in [3.8, 4) is 34.8 Å². The average molecular weight is 326 g/mol. The Bertz CT molecular complexity index is 799. The van der Waals surface area contributed by atoms with Crippen molar-refractivity contribution in [2.24, 2.45) is 0 Å². The lowest BCUT2D eigenvalue weighted by Gasteiger charge is -2.09. The van der Waals surface area contributed by atoms with Gasteiger partial charge in [-0.3, -0.25) is 4.79 Å². The molecule has 124 valence electrons. The lowest BCUT2D eigenvalue weighted by molar-refractivity contribution is 0.112. The molecule has 0 N–H and O–H groups in total. The van der Waals surface area contributed by atoms with Crippen LogP contribution in [0, 0.1) is 11.8 Å². The molecular weight excluding hydrogens is 308 g/mol. The molecule has 0 unspecified atom stereocenters. The highest BCUT2D eigenvalue weighted by molar-refractivity contribution is 5.81.